The van der Waals surface area contributed by atoms with Gasteiger partial charge in [-0.2, -0.15) is 0 Å². The molecule has 0 amide bonds. The standard InChI is InChI=1S/C13H20O2S/c1-9-11(14)13(2,16-12(9)15)8-10-6-4-3-5-7-10/h10,14H,3-8H2,1-2H3. The highest BCUT2D eigenvalue weighted by Gasteiger charge is 2.43. The monoisotopic (exact) mass is 240 g/mol. The number of thioether (sulfide) groups is 1. The molecular weight excluding hydrogens is 220 g/mol. The van der Waals surface area contributed by atoms with Gasteiger partial charge >= 0.3 is 0 Å². The van der Waals surface area contributed by atoms with Gasteiger partial charge in [-0.25, -0.2) is 0 Å². The molecule has 2 aliphatic rings. The van der Waals surface area contributed by atoms with Crippen LogP contribution in [0.3, 0.4) is 0 Å². The second-order valence-corrected chi connectivity index (χ2v) is 6.78. The number of hydrogen-bond acceptors (Lipinski definition) is 3. The number of carbonyl (C=O) groups excluding carboxylic acids is 1. The van der Waals surface area contributed by atoms with Gasteiger partial charge in [0.15, 0.2) is 0 Å². The fourth-order valence-electron chi connectivity index (χ4n) is 2.90. The Bertz CT molecular complexity index is 329. The maximum atomic E-state index is 11.6. The number of hydrogen-bond donors (Lipinski definition) is 1. The van der Waals surface area contributed by atoms with E-state index in [0.29, 0.717) is 17.3 Å². The Morgan fingerprint density at radius 2 is 2.00 bits per heavy atom. The first kappa shape index (κ1) is 12.0. The molecular formula is C13H20O2S. The van der Waals surface area contributed by atoms with Gasteiger partial charge < -0.3 is 5.11 Å². The van der Waals surface area contributed by atoms with Crippen LogP contribution in [0.4, 0.5) is 0 Å². The van der Waals surface area contributed by atoms with Gasteiger partial charge in [0.1, 0.15) is 5.76 Å². The minimum absolute atomic E-state index is 0.0517. The van der Waals surface area contributed by atoms with Crippen LogP contribution in [-0.2, 0) is 4.79 Å². The number of carbonyl (C=O) groups is 1. The molecule has 1 unspecified atom stereocenters. The van der Waals surface area contributed by atoms with Crippen molar-refractivity contribution >= 4 is 16.9 Å². The second kappa shape index (κ2) is 4.44. The summed E-state index contributed by atoms with van der Waals surface area (Å²) in [4.78, 5) is 11.6. The molecule has 3 heteroatoms. The van der Waals surface area contributed by atoms with Crippen LogP contribution in [-0.4, -0.2) is 15.0 Å². The van der Waals surface area contributed by atoms with Crippen molar-refractivity contribution in [2.75, 3.05) is 0 Å². The molecule has 0 aromatic heterocycles. The molecule has 1 aliphatic carbocycles. The number of aliphatic hydroxyl groups is 1. The topological polar surface area (TPSA) is 37.3 Å². The molecule has 0 saturated heterocycles. The Hall–Kier alpha value is -0.440. The molecule has 1 atom stereocenters. The lowest BCUT2D eigenvalue weighted by Gasteiger charge is -2.30. The van der Waals surface area contributed by atoms with Crippen LogP contribution in [0.1, 0.15) is 52.4 Å². The zero-order valence-electron chi connectivity index (χ0n) is 10.1. The van der Waals surface area contributed by atoms with Crippen LogP contribution >= 0.6 is 11.8 Å². The Balaban J connectivity index is 2.06. The molecule has 0 spiro atoms. The van der Waals surface area contributed by atoms with E-state index in [-0.39, 0.29) is 9.86 Å². The highest BCUT2D eigenvalue weighted by molar-refractivity contribution is 8.15. The van der Waals surface area contributed by atoms with E-state index in [1.54, 1.807) is 6.92 Å². The van der Waals surface area contributed by atoms with Gasteiger partial charge in [0.25, 0.3) is 0 Å². The summed E-state index contributed by atoms with van der Waals surface area (Å²) in [5, 5.41) is 10.1. The third kappa shape index (κ3) is 2.15. The molecule has 0 bridgehead atoms. The molecule has 1 fully saturated rings. The van der Waals surface area contributed by atoms with Crippen molar-refractivity contribution < 1.29 is 9.90 Å². The van der Waals surface area contributed by atoms with Crippen molar-refractivity contribution in [3.05, 3.63) is 11.3 Å². The lowest BCUT2D eigenvalue weighted by Crippen LogP contribution is -2.25. The quantitative estimate of drug-likeness (QED) is 0.797. The van der Waals surface area contributed by atoms with Crippen LogP contribution in [0.2, 0.25) is 0 Å². The van der Waals surface area contributed by atoms with E-state index < -0.39 is 0 Å². The van der Waals surface area contributed by atoms with Crippen LogP contribution < -0.4 is 0 Å². The SMILES string of the molecule is CC1=C(O)C(C)(CC2CCCCC2)SC1=O. The Morgan fingerprint density at radius 3 is 2.50 bits per heavy atom. The molecule has 0 aromatic carbocycles. The number of rotatable bonds is 2. The Morgan fingerprint density at radius 1 is 1.38 bits per heavy atom. The molecule has 16 heavy (non-hydrogen) atoms. The number of aliphatic hydroxyl groups excluding tert-OH is 1. The molecule has 90 valence electrons. The highest BCUT2D eigenvalue weighted by Crippen LogP contribution is 2.47. The van der Waals surface area contributed by atoms with Crippen LogP contribution in [0.15, 0.2) is 11.3 Å². The van der Waals surface area contributed by atoms with Gasteiger partial charge in [-0.1, -0.05) is 43.9 Å². The summed E-state index contributed by atoms with van der Waals surface area (Å²) in [6, 6.07) is 0. The molecule has 1 N–H and O–H groups in total. The molecule has 0 aromatic rings. The van der Waals surface area contributed by atoms with Gasteiger partial charge in [0.2, 0.25) is 5.12 Å². The lowest BCUT2D eigenvalue weighted by molar-refractivity contribution is -0.107. The Kier molecular flexibility index (Phi) is 3.34. The predicted molar refractivity (Wildman–Crippen MR) is 67.5 cm³/mol. The summed E-state index contributed by atoms with van der Waals surface area (Å²) in [6.45, 7) is 3.74. The summed E-state index contributed by atoms with van der Waals surface area (Å²) in [5.41, 5.74) is 0.559. The van der Waals surface area contributed by atoms with Crippen molar-refractivity contribution in [1.82, 2.24) is 0 Å². The maximum Gasteiger partial charge on any atom is 0.219 e. The normalized spacial score (nSPS) is 32.5. The van der Waals surface area contributed by atoms with Crippen molar-refractivity contribution in [2.24, 2.45) is 5.92 Å². The van der Waals surface area contributed by atoms with Gasteiger partial charge in [0.05, 0.1) is 4.75 Å². The van der Waals surface area contributed by atoms with E-state index in [4.69, 9.17) is 0 Å². The molecule has 1 aliphatic heterocycles. The zero-order valence-corrected chi connectivity index (χ0v) is 10.9. The van der Waals surface area contributed by atoms with E-state index in [0.717, 1.165) is 6.42 Å². The largest absolute Gasteiger partial charge is 0.510 e. The third-order valence-corrected chi connectivity index (χ3v) is 5.19. The molecule has 2 rings (SSSR count). The van der Waals surface area contributed by atoms with Crippen molar-refractivity contribution in [3.63, 3.8) is 0 Å². The minimum atomic E-state index is -0.344. The van der Waals surface area contributed by atoms with Crippen LogP contribution in [0.25, 0.3) is 0 Å². The first-order valence-electron chi connectivity index (χ1n) is 6.16. The van der Waals surface area contributed by atoms with Gasteiger partial charge in [-0.3, -0.25) is 4.79 Å². The molecule has 0 radical (unpaired) electrons. The molecule has 2 nitrogen and oxygen atoms in total. The minimum Gasteiger partial charge on any atom is -0.510 e. The van der Waals surface area contributed by atoms with Crippen molar-refractivity contribution in [2.45, 2.75) is 57.1 Å². The summed E-state index contributed by atoms with van der Waals surface area (Å²) in [7, 11) is 0. The fourth-order valence-corrected chi connectivity index (χ4v) is 4.13. The van der Waals surface area contributed by atoms with E-state index in [2.05, 4.69) is 0 Å². The van der Waals surface area contributed by atoms with E-state index in [9.17, 15) is 9.90 Å². The summed E-state index contributed by atoms with van der Waals surface area (Å²) in [6.07, 6.45) is 7.44. The first-order chi connectivity index (χ1) is 7.53. The fraction of sp³-hybridized carbons (Fsp3) is 0.769. The highest BCUT2D eigenvalue weighted by atomic mass is 32.2. The van der Waals surface area contributed by atoms with E-state index in [1.165, 1.54) is 43.9 Å². The lowest BCUT2D eigenvalue weighted by atomic mass is 9.82. The van der Waals surface area contributed by atoms with Crippen LogP contribution in [0, 0.1) is 5.92 Å². The molecule has 1 heterocycles. The molecule has 1 saturated carbocycles. The summed E-state index contributed by atoms with van der Waals surface area (Å²) < 4.78 is -0.344. The van der Waals surface area contributed by atoms with Crippen molar-refractivity contribution in [1.29, 1.82) is 0 Å². The second-order valence-electron chi connectivity index (χ2n) is 5.30. The average molecular weight is 240 g/mol. The predicted octanol–water partition coefficient (Wildman–Crippen LogP) is 3.82. The Labute approximate surface area is 101 Å². The average Bonchev–Trinajstić information content (AvgIpc) is 2.44. The van der Waals surface area contributed by atoms with Gasteiger partial charge in [-0.05, 0) is 26.2 Å². The van der Waals surface area contributed by atoms with E-state index >= 15 is 0 Å². The van der Waals surface area contributed by atoms with Crippen LogP contribution in [0.5, 0.6) is 0 Å². The third-order valence-electron chi connectivity index (χ3n) is 3.88. The van der Waals surface area contributed by atoms with E-state index in [1.807, 2.05) is 6.92 Å². The van der Waals surface area contributed by atoms with Crippen molar-refractivity contribution in [3.8, 4) is 0 Å². The first-order valence-corrected chi connectivity index (χ1v) is 6.98. The maximum absolute atomic E-state index is 11.6. The zero-order chi connectivity index (χ0) is 11.8. The summed E-state index contributed by atoms with van der Waals surface area (Å²) in [5.74, 6) is 1.01. The summed E-state index contributed by atoms with van der Waals surface area (Å²) >= 11 is 1.31. The van der Waals surface area contributed by atoms with Gasteiger partial charge in [0, 0.05) is 5.57 Å². The smallest absolute Gasteiger partial charge is 0.219 e. The van der Waals surface area contributed by atoms with Gasteiger partial charge in [-0.15, -0.1) is 0 Å².